The van der Waals surface area contributed by atoms with Crippen LogP contribution in [0.5, 0.6) is 0 Å². The molecule has 0 N–H and O–H groups in total. The number of alkyl halides is 1. The summed E-state index contributed by atoms with van der Waals surface area (Å²) in [7, 11) is 1.27. The third kappa shape index (κ3) is 7.50. The lowest BCUT2D eigenvalue weighted by Gasteiger charge is -2.08. The van der Waals surface area contributed by atoms with Crippen LogP contribution >= 0.6 is 23.4 Å². The second kappa shape index (κ2) is 7.82. The van der Waals surface area contributed by atoms with E-state index in [1.165, 1.54) is 18.9 Å². The van der Waals surface area contributed by atoms with Gasteiger partial charge >= 0.3 is 11.9 Å². The maximum Gasteiger partial charge on any atom is 0.324 e. The van der Waals surface area contributed by atoms with Crippen molar-refractivity contribution in [1.82, 2.24) is 0 Å². The molecule has 0 aromatic heterocycles. The summed E-state index contributed by atoms with van der Waals surface area (Å²) in [6.45, 7) is 3.56. The van der Waals surface area contributed by atoms with Gasteiger partial charge < -0.3 is 9.47 Å². The summed E-state index contributed by atoms with van der Waals surface area (Å²) in [5.74, 6) is -0.259. The smallest absolute Gasteiger partial charge is 0.324 e. The van der Waals surface area contributed by atoms with Gasteiger partial charge in [0.05, 0.1) is 19.0 Å². The van der Waals surface area contributed by atoms with Crippen LogP contribution in [0.25, 0.3) is 0 Å². The van der Waals surface area contributed by atoms with Crippen molar-refractivity contribution in [2.24, 2.45) is 0 Å². The quantitative estimate of drug-likeness (QED) is 0.531. The third-order valence-electron chi connectivity index (χ3n) is 1.31. The van der Waals surface area contributed by atoms with Crippen LogP contribution in [0.15, 0.2) is 0 Å². The Kier molecular flexibility index (Phi) is 7.60. The van der Waals surface area contributed by atoms with E-state index in [1.54, 1.807) is 13.8 Å². The molecule has 88 valence electrons. The van der Waals surface area contributed by atoms with Crippen molar-refractivity contribution in [3.05, 3.63) is 0 Å². The van der Waals surface area contributed by atoms with E-state index in [0.29, 0.717) is 5.75 Å². The van der Waals surface area contributed by atoms with Crippen molar-refractivity contribution < 1.29 is 19.1 Å². The molecule has 6 heteroatoms. The van der Waals surface area contributed by atoms with Crippen LogP contribution in [-0.4, -0.2) is 42.0 Å². The lowest BCUT2D eigenvalue weighted by Crippen LogP contribution is -2.20. The first-order valence-electron chi connectivity index (χ1n) is 4.46. The fraction of sp³-hybridized carbons (Fsp3) is 0.778. The van der Waals surface area contributed by atoms with Gasteiger partial charge in [0.1, 0.15) is 5.38 Å². The van der Waals surface area contributed by atoms with E-state index in [4.69, 9.17) is 16.3 Å². The highest BCUT2D eigenvalue weighted by Crippen LogP contribution is 2.10. The third-order valence-corrected chi connectivity index (χ3v) is 2.83. The van der Waals surface area contributed by atoms with Crippen molar-refractivity contribution in [3.8, 4) is 0 Å². The molecule has 0 radical (unpaired) electrons. The summed E-state index contributed by atoms with van der Waals surface area (Å²) < 4.78 is 9.33. The zero-order valence-electron chi connectivity index (χ0n) is 8.99. The van der Waals surface area contributed by atoms with Gasteiger partial charge in [0.2, 0.25) is 0 Å². The molecule has 0 spiro atoms. The summed E-state index contributed by atoms with van der Waals surface area (Å²) in [5, 5.41) is -0.716. The van der Waals surface area contributed by atoms with E-state index >= 15 is 0 Å². The maximum absolute atomic E-state index is 11.1. The summed E-state index contributed by atoms with van der Waals surface area (Å²) in [4.78, 5) is 22.0. The molecule has 0 aromatic rings. The molecule has 15 heavy (non-hydrogen) atoms. The van der Waals surface area contributed by atoms with E-state index in [1.807, 2.05) is 0 Å². The first kappa shape index (κ1) is 14.6. The minimum absolute atomic E-state index is 0.120. The van der Waals surface area contributed by atoms with E-state index in [9.17, 15) is 9.59 Å². The molecule has 0 saturated carbocycles. The Balaban J connectivity index is 3.61. The Bertz CT molecular complexity index is 220. The molecule has 4 nitrogen and oxygen atoms in total. The number of esters is 2. The van der Waals surface area contributed by atoms with Crippen LogP contribution < -0.4 is 0 Å². The molecule has 0 aliphatic rings. The number of methoxy groups -OCH3 is 1. The molecular formula is C9H15ClO4S. The zero-order valence-corrected chi connectivity index (χ0v) is 10.6. The predicted octanol–water partition coefficient (Wildman–Crippen LogP) is 1.45. The van der Waals surface area contributed by atoms with Crippen molar-refractivity contribution in [2.75, 3.05) is 18.6 Å². The van der Waals surface area contributed by atoms with Gasteiger partial charge in [-0.3, -0.25) is 9.59 Å². The maximum atomic E-state index is 11.1. The minimum Gasteiger partial charge on any atom is -0.468 e. The summed E-state index contributed by atoms with van der Waals surface area (Å²) in [6, 6.07) is 0. The number of ether oxygens (including phenoxy) is 2. The van der Waals surface area contributed by atoms with Crippen LogP contribution in [-0.2, 0) is 19.1 Å². The molecule has 1 unspecified atom stereocenters. The van der Waals surface area contributed by atoms with Gasteiger partial charge in [-0.25, -0.2) is 0 Å². The average molecular weight is 255 g/mol. The van der Waals surface area contributed by atoms with Gasteiger partial charge in [-0.1, -0.05) is 0 Å². The van der Waals surface area contributed by atoms with Gasteiger partial charge in [-0.05, 0) is 13.8 Å². The normalized spacial score (nSPS) is 12.3. The van der Waals surface area contributed by atoms with Gasteiger partial charge in [-0.2, -0.15) is 0 Å². The van der Waals surface area contributed by atoms with Crippen LogP contribution in [0, 0.1) is 0 Å². The second-order valence-electron chi connectivity index (χ2n) is 3.04. The monoisotopic (exact) mass is 254 g/mol. The molecule has 0 heterocycles. The molecule has 0 saturated heterocycles. The van der Waals surface area contributed by atoms with E-state index in [-0.39, 0.29) is 17.8 Å². The number of carbonyl (C=O) groups is 2. The average Bonchev–Trinajstić information content (AvgIpc) is 2.15. The number of carbonyl (C=O) groups excluding carboxylic acids is 2. The number of thioether (sulfide) groups is 1. The lowest BCUT2D eigenvalue weighted by molar-refractivity contribution is -0.144. The van der Waals surface area contributed by atoms with Crippen LogP contribution in [0.4, 0.5) is 0 Å². The number of hydrogen-bond donors (Lipinski definition) is 0. The van der Waals surface area contributed by atoms with E-state index < -0.39 is 11.3 Å². The highest BCUT2D eigenvalue weighted by Gasteiger charge is 2.16. The number of hydrogen-bond acceptors (Lipinski definition) is 5. The molecule has 0 aliphatic carbocycles. The number of rotatable bonds is 6. The van der Waals surface area contributed by atoms with Crippen LogP contribution in [0.1, 0.15) is 13.8 Å². The van der Waals surface area contributed by atoms with Crippen molar-refractivity contribution >= 4 is 35.3 Å². The van der Waals surface area contributed by atoms with Crippen LogP contribution in [0.2, 0.25) is 0 Å². The minimum atomic E-state index is -0.716. The van der Waals surface area contributed by atoms with Crippen molar-refractivity contribution in [2.45, 2.75) is 25.3 Å². The van der Waals surface area contributed by atoms with Crippen molar-refractivity contribution in [1.29, 1.82) is 0 Å². The molecule has 0 aromatic carbocycles. The number of halogens is 1. The first-order valence-corrected chi connectivity index (χ1v) is 6.05. The standard InChI is InChI=1S/C9H15ClO4S/c1-6(2)14-8(11)5-15-4-7(10)9(12)13-3/h6-7H,4-5H2,1-3H3. The summed E-state index contributed by atoms with van der Waals surface area (Å²) in [6.07, 6.45) is -0.120. The predicted molar refractivity (Wildman–Crippen MR) is 60.2 cm³/mol. The molecule has 0 rings (SSSR count). The Morgan fingerprint density at radius 2 is 2.00 bits per heavy atom. The van der Waals surface area contributed by atoms with Gasteiger partial charge in [0.15, 0.2) is 0 Å². The van der Waals surface area contributed by atoms with Crippen LogP contribution in [0.3, 0.4) is 0 Å². The second-order valence-corrected chi connectivity index (χ2v) is 4.60. The summed E-state index contributed by atoms with van der Waals surface area (Å²) in [5.41, 5.74) is 0. The topological polar surface area (TPSA) is 52.6 Å². The molecule has 0 fully saturated rings. The Hall–Kier alpha value is -0.420. The first-order chi connectivity index (χ1) is 6.97. The van der Waals surface area contributed by atoms with E-state index in [2.05, 4.69) is 4.74 Å². The molecule has 0 aliphatic heterocycles. The molecule has 0 bridgehead atoms. The molecule has 1 atom stereocenters. The van der Waals surface area contributed by atoms with Crippen molar-refractivity contribution in [3.63, 3.8) is 0 Å². The highest BCUT2D eigenvalue weighted by atomic mass is 35.5. The zero-order chi connectivity index (χ0) is 11.8. The fourth-order valence-electron chi connectivity index (χ4n) is 0.739. The fourth-order valence-corrected chi connectivity index (χ4v) is 1.79. The lowest BCUT2D eigenvalue weighted by atomic mass is 10.5. The SMILES string of the molecule is COC(=O)C(Cl)CSCC(=O)OC(C)C. The largest absolute Gasteiger partial charge is 0.468 e. The van der Waals surface area contributed by atoms with E-state index in [0.717, 1.165) is 0 Å². The van der Waals surface area contributed by atoms with Gasteiger partial charge in [-0.15, -0.1) is 23.4 Å². The summed E-state index contributed by atoms with van der Waals surface area (Å²) >= 11 is 6.92. The Labute approximate surface area is 98.6 Å². The molecule has 0 amide bonds. The van der Waals surface area contributed by atoms with Gasteiger partial charge in [0, 0.05) is 5.75 Å². The molecular weight excluding hydrogens is 240 g/mol. The Morgan fingerprint density at radius 3 is 2.47 bits per heavy atom. The van der Waals surface area contributed by atoms with Gasteiger partial charge in [0.25, 0.3) is 0 Å². The Morgan fingerprint density at radius 1 is 1.40 bits per heavy atom. The highest BCUT2D eigenvalue weighted by molar-refractivity contribution is 8.00.